The Balaban J connectivity index is 1.09. The van der Waals surface area contributed by atoms with Crippen molar-refractivity contribution < 1.29 is 27.1 Å². The van der Waals surface area contributed by atoms with Crippen LogP contribution in [-0.4, -0.2) is 79.6 Å². The van der Waals surface area contributed by atoms with Gasteiger partial charge in [-0.3, -0.25) is 19.5 Å². The number of rotatable bonds is 8. The lowest BCUT2D eigenvalue weighted by Gasteiger charge is -2.32. The van der Waals surface area contributed by atoms with Crippen LogP contribution in [0.2, 0.25) is 0 Å². The van der Waals surface area contributed by atoms with Gasteiger partial charge in [-0.2, -0.15) is 0 Å². The monoisotopic (exact) mass is 594 g/mol. The Morgan fingerprint density at radius 1 is 0.976 bits per heavy atom. The van der Waals surface area contributed by atoms with Crippen molar-refractivity contribution in [1.29, 1.82) is 0 Å². The molecule has 1 N–H and O–H groups in total. The smallest absolute Gasteiger partial charge is 0.272 e. The number of sulfone groups is 1. The molecule has 3 aromatic rings. The predicted octanol–water partition coefficient (Wildman–Crippen LogP) is 3.70. The van der Waals surface area contributed by atoms with Gasteiger partial charge in [-0.25, -0.2) is 12.8 Å². The fourth-order valence-electron chi connectivity index (χ4n) is 5.54. The van der Waals surface area contributed by atoms with E-state index in [0.717, 1.165) is 50.4 Å². The molecular weight excluding hydrogens is 559 g/mol. The third-order valence-corrected chi connectivity index (χ3v) is 10.3. The van der Waals surface area contributed by atoms with Crippen LogP contribution in [0.4, 0.5) is 4.39 Å². The SMILES string of the molecule is COc1cccc(CN2CCC(NC(=O)c3ccc(C(=O)N4CCC(S(=O)(=O)c5ccc(F)cc5)CC4)nc3)CC2)c1. The highest BCUT2D eigenvalue weighted by Gasteiger charge is 2.33. The van der Waals surface area contributed by atoms with Crippen LogP contribution in [0.15, 0.2) is 71.8 Å². The van der Waals surface area contributed by atoms with Gasteiger partial charge in [-0.1, -0.05) is 12.1 Å². The molecule has 0 atom stereocenters. The van der Waals surface area contributed by atoms with E-state index < -0.39 is 20.9 Å². The van der Waals surface area contributed by atoms with Gasteiger partial charge >= 0.3 is 0 Å². The van der Waals surface area contributed by atoms with Crippen LogP contribution >= 0.6 is 0 Å². The molecule has 3 heterocycles. The number of carbonyl (C=O) groups excluding carboxylic acids is 2. The number of piperidine rings is 2. The highest BCUT2D eigenvalue weighted by Crippen LogP contribution is 2.25. The van der Waals surface area contributed by atoms with E-state index in [4.69, 9.17) is 4.74 Å². The highest BCUT2D eigenvalue weighted by atomic mass is 32.2. The maximum absolute atomic E-state index is 13.2. The zero-order valence-corrected chi connectivity index (χ0v) is 24.4. The summed E-state index contributed by atoms with van der Waals surface area (Å²) in [6.07, 6.45) is 3.65. The summed E-state index contributed by atoms with van der Waals surface area (Å²) in [5.74, 6) is -0.177. The fourth-order valence-corrected chi connectivity index (χ4v) is 7.27. The van der Waals surface area contributed by atoms with E-state index in [1.54, 1.807) is 18.1 Å². The maximum Gasteiger partial charge on any atom is 0.272 e. The van der Waals surface area contributed by atoms with E-state index in [2.05, 4.69) is 21.3 Å². The van der Waals surface area contributed by atoms with Crippen LogP contribution < -0.4 is 10.1 Å². The van der Waals surface area contributed by atoms with Gasteiger partial charge in [-0.05, 0) is 79.8 Å². The molecule has 2 aliphatic heterocycles. The van der Waals surface area contributed by atoms with Crippen molar-refractivity contribution in [1.82, 2.24) is 20.1 Å². The van der Waals surface area contributed by atoms with Crippen molar-refractivity contribution in [2.45, 2.75) is 48.4 Å². The number of nitrogens with one attached hydrogen (secondary N) is 1. The second-order valence-electron chi connectivity index (χ2n) is 10.8. The second-order valence-corrected chi connectivity index (χ2v) is 13.0. The third-order valence-electron chi connectivity index (χ3n) is 8.02. The van der Waals surface area contributed by atoms with E-state index in [0.29, 0.717) is 5.56 Å². The van der Waals surface area contributed by atoms with Crippen molar-refractivity contribution in [2.24, 2.45) is 0 Å². The number of halogens is 1. The van der Waals surface area contributed by atoms with Crippen molar-refractivity contribution in [3.8, 4) is 5.75 Å². The van der Waals surface area contributed by atoms with Crippen LogP contribution in [0.1, 0.15) is 52.1 Å². The Morgan fingerprint density at radius 3 is 2.33 bits per heavy atom. The minimum absolute atomic E-state index is 0.0628. The normalized spacial score (nSPS) is 17.1. The molecule has 0 bridgehead atoms. The largest absolute Gasteiger partial charge is 0.497 e. The van der Waals surface area contributed by atoms with Crippen LogP contribution in [0.25, 0.3) is 0 Å². The number of carbonyl (C=O) groups is 2. The minimum Gasteiger partial charge on any atom is -0.497 e. The molecule has 2 aromatic carbocycles. The maximum atomic E-state index is 13.2. The standard InChI is InChI=1S/C31H35FN4O5S/c1-41-26-4-2-3-22(19-26)21-35-15-11-25(12-16-35)34-30(37)23-5-10-29(33-20-23)31(38)36-17-13-28(14-18-36)42(39,40)27-8-6-24(32)7-9-27/h2-10,19-20,25,28H,11-18,21H2,1H3,(H,34,37). The number of aromatic nitrogens is 1. The molecule has 0 spiro atoms. The molecule has 2 aliphatic rings. The number of pyridine rings is 1. The number of benzene rings is 2. The van der Waals surface area contributed by atoms with Crippen molar-refractivity contribution in [3.05, 3.63) is 89.5 Å². The molecule has 2 amide bonds. The van der Waals surface area contributed by atoms with Crippen LogP contribution in [0, 0.1) is 5.82 Å². The average molecular weight is 595 g/mol. The van der Waals surface area contributed by atoms with Crippen molar-refractivity contribution in [3.63, 3.8) is 0 Å². The van der Waals surface area contributed by atoms with Gasteiger partial charge < -0.3 is 15.0 Å². The molecule has 9 nitrogen and oxygen atoms in total. The molecule has 1 aromatic heterocycles. The molecule has 2 fully saturated rings. The van der Waals surface area contributed by atoms with Crippen molar-refractivity contribution in [2.75, 3.05) is 33.3 Å². The lowest BCUT2D eigenvalue weighted by molar-refractivity contribution is 0.0719. The highest BCUT2D eigenvalue weighted by molar-refractivity contribution is 7.92. The molecule has 2 saturated heterocycles. The van der Waals surface area contributed by atoms with Gasteiger partial charge in [0.15, 0.2) is 9.84 Å². The van der Waals surface area contributed by atoms with Crippen LogP contribution in [-0.2, 0) is 16.4 Å². The first-order valence-electron chi connectivity index (χ1n) is 14.1. The van der Waals surface area contributed by atoms with Crippen molar-refractivity contribution >= 4 is 21.7 Å². The van der Waals surface area contributed by atoms with E-state index >= 15 is 0 Å². The van der Waals surface area contributed by atoms with Crippen LogP contribution in [0.3, 0.4) is 0 Å². The van der Waals surface area contributed by atoms with Gasteiger partial charge in [0.25, 0.3) is 11.8 Å². The third kappa shape index (κ3) is 6.96. The number of amides is 2. The number of hydrogen-bond acceptors (Lipinski definition) is 7. The van der Waals surface area contributed by atoms with E-state index in [-0.39, 0.29) is 54.4 Å². The Hall–Kier alpha value is -3.83. The Kier molecular flexibility index (Phi) is 9.18. The summed E-state index contributed by atoms with van der Waals surface area (Å²) >= 11 is 0. The number of hydrogen-bond donors (Lipinski definition) is 1. The molecule has 0 radical (unpaired) electrons. The molecular formula is C31H35FN4O5S. The summed E-state index contributed by atoms with van der Waals surface area (Å²) in [5.41, 5.74) is 1.78. The molecule has 222 valence electrons. The number of nitrogens with zero attached hydrogens (tertiary/aromatic N) is 3. The summed E-state index contributed by atoms with van der Waals surface area (Å²) in [7, 11) is -1.95. The van der Waals surface area contributed by atoms with Gasteiger partial charge in [0, 0.05) is 45.0 Å². The van der Waals surface area contributed by atoms with Gasteiger partial charge in [-0.15, -0.1) is 0 Å². The first kappa shape index (κ1) is 29.7. The van der Waals surface area contributed by atoms with E-state index in [1.807, 2.05) is 18.2 Å². The predicted molar refractivity (Wildman–Crippen MR) is 156 cm³/mol. The molecule has 11 heteroatoms. The number of methoxy groups -OCH3 is 1. The zero-order valence-electron chi connectivity index (χ0n) is 23.5. The first-order valence-corrected chi connectivity index (χ1v) is 15.7. The molecule has 0 unspecified atom stereocenters. The number of likely N-dealkylation sites (tertiary alicyclic amines) is 2. The lowest BCUT2D eigenvalue weighted by atomic mass is 10.0. The fraction of sp³-hybridized carbons (Fsp3) is 0.387. The van der Waals surface area contributed by atoms with Gasteiger partial charge in [0.05, 0.1) is 22.8 Å². The van der Waals surface area contributed by atoms with E-state index in [1.165, 1.54) is 30.0 Å². The lowest BCUT2D eigenvalue weighted by Crippen LogP contribution is -2.44. The van der Waals surface area contributed by atoms with Gasteiger partial charge in [0.1, 0.15) is 17.3 Å². The van der Waals surface area contributed by atoms with E-state index in [9.17, 15) is 22.4 Å². The molecule has 0 aliphatic carbocycles. The summed E-state index contributed by atoms with van der Waals surface area (Å²) in [5, 5.41) is 2.45. The average Bonchev–Trinajstić information content (AvgIpc) is 3.02. The molecule has 5 rings (SSSR count). The summed E-state index contributed by atoms with van der Waals surface area (Å²) in [6.45, 7) is 3.11. The van der Waals surface area contributed by atoms with Gasteiger partial charge in [0.2, 0.25) is 0 Å². The molecule has 42 heavy (non-hydrogen) atoms. The quantitative estimate of drug-likeness (QED) is 0.396. The topological polar surface area (TPSA) is 109 Å². The summed E-state index contributed by atoms with van der Waals surface area (Å²) < 4.78 is 44.4. The van der Waals surface area contributed by atoms with Crippen LogP contribution in [0.5, 0.6) is 5.75 Å². The number of ether oxygens (including phenoxy) is 1. The minimum atomic E-state index is -3.61. The summed E-state index contributed by atoms with van der Waals surface area (Å²) in [6, 6.07) is 16.1. The Morgan fingerprint density at radius 2 is 1.69 bits per heavy atom. The summed E-state index contributed by atoms with van der Waals surface area (Å²) in [4.78, 5) is 34.1. The zero-order chi connectivity index (χ0) is 29.7. The Bertz CT molecular complexity index is 1500. The molecule has 0 saturated carbocycles. The Labute approximate surface area is 245 Å². The second kappa shape index (κ2) is 13.0. The first-order chi connectivity index (χ1) is 20.2.